The van der Waals surface area contributed by atoms with Crippen molar-refractivity contribution >= 4 is 10.0 Å². The first-order chi connectivity index (χ1) is 6.41. The van der Waals surface area contributed by atoms with Crippen molar-refractivity contribution in [1.29, 1.82) is 0 Å². The molecule has 5 nitrogen and oxygen atoms in total. The zero-order valence-corrected chi connectivity index (χ0v) is 9.75. The Bertz CT molecular complexity index is 368. The van der Waals surface area contributed by atoms with Crippen molar-refractivity contribution in [3.63, 3.8) is 0 Å². The van der Waals surface area contributed by atoms with Crippen molar-refractivity contribution in [2.24, 2.45) is 5.14 Å². The first-order valence-corrected chi connectivity index (χ1v) is 6.03. The molecule has 1 aromatic rings. The summed E-state index contributed by atoms with van der Waals surface area (Å²) in [5.74, 6) is 0. The number of nitrogens with two attached hydrogens (primary N) is 1. The summed E-state index contributed by atoms with van der Waals surface area (Å²) in [7, 11) is -3.60. The summed E-state index contributed by atoms with van der Waals surface area (Å²) in [5, 5.41) is 8.73. The van der Waals surface area contributed by atoms with Gasteiger partial charge in [0.1, 0.15) is 4.90 Å². The van der Waals surface area contributed by atoms with Gasteiger partial charge in [-0.05, 0) is 13.8 Å². The van der Waals surface area contributed by atoms with Crippen molar-refractivity contribution in [1.82, 2.24) is 9.78 Å². The van der Waals surface area contributed by atoms with E-state index in [0.29, 0.717) is 0 Å². The normalized spacial score (nSPS) is 11.0. The molecule has 0 atom stereocenters. The van der Waals surface area contributed by atoms with E-state index in [1.54, 1.807) is 4.68 Å². The predicted molar refractivity (Wildman–Crippen MR) is 55.3 cm³/mol. The van der Waals surface area contributed by atoms with Gasteiger partial charge in [0.15, 0.2) is 0 Å². The molecule has 0 unspecified atom stereocenters. The lowest BCUT2D eigenvalue weighted by Gasteiger charge is -2.02. The number of hydrogen-bond acceptors (Lipinski definition) is 3. The van der Waals surface area contributed by atoms with Gasteiger partial charge in [-0.25, -0.2) is 13.6 Å². The number of primary sulfonamides is 1. The molecule has 0 saturated heterocycles. The fourth-order valence-electron chi connectivity index (χ4n) is 0.750. The molecular formula is C8H17N3O2S. The van der Waals surface area contributed by atoms with Crippen LogP contribution in [0.1, 0.15) is 33.7 Å². The van der Waals surface area contributed by atoms with Gasteiger partial charge in [0.05, 0.1) is 6.20 Å². The minimum atomic E-state index is -3.60. The molecule has 0 saturated carbocycles. The van der Waals surface area contributed by atoms with Crippen LogP contribution in [0.3, 0.4) is 0 Å². The van der Waals surface area contributed by atoms with Crippen LogP contribution in [0, 0.1) is 0 Å². The molecule has 6 heteroatoms. The zero-order valence-electron chi connectivity index (χ0n) is 8.93. The molecular weight excluding hydrogens is 202 g/mol. The van der Waals surface area contributed by atoms with E-state index in [9.17, 15) is 8.42 Å². The first kappa shape index (κ1) is 13.1. The lowest BCUT2D eigenvalue weighted by molar-refractivity contribution is 0.531. The van der Waals surface area contributed by atoms with E-state index < -0.39 is 10.0 Å². The van der Waals surface area contributed by atoms with Crippen LogP contribution >= 0.6 is 0 Å². The topological polar surface area (TPSA) is 78.0 Å². The molecule has 0 bridgehead atoms. The highest BCUT2D eigenvalue weighted by molar-refractivity contribution is 7.89. The number of sulfonamides is 1. The van der Waals surface area contributed by atoms with Crippen LogP contribution in [-0.4, -0.2) is 18.2 Å². The lowest BCUT2D eigenvalue weighted by Crippen LogP contribution is -2.11. The van der Waals surface area contributed by atoms with Crippen LogP contribution in [0.5, 0.6) is 0 Å². The summed E-state index contributed by atoms with van der Waals surface area (Å²) in [5.41, 5.74) is 0. The van der Waals surface area contributed by atoms with Gasteiger partial charge in [-0.3, -0.25) is 4.68 Å². The summed E-state index contributed by atoms with van der Waals surface area (Å²) in [6.07, 6.45) is 2.66. The highest BCUT2D eigenvalue weighted by Gasteiger charge is 2.11. The quantitative estimate of drug-likeness (QED) is 0.810. The molecule has 1 aromatic heterocycles. The highest BCUT2D eigenvalue weighted by atomic mass is 32.2. The van der Waals surface area contributed by atoms with Crippen LogP contribution < -0.4 is 5.14 Å². The Balaban J connectivity index is 0.000000791. The third-order valence-corrected chi connectivity index (χ3v) is 2.30. The van der Waals surface area contributed by atoms with E-state index in [1.165, 1.54) is 12.4 Å². The Labute approximate surface area is 85.0 Å². The van der Waals surface area contributed by atoms with Gasteiger partial charge in [0.25, 0.3) is 0 Å². The van der Waals surface area contributed by atoms with Crippen molar-refractivity contribution in [3.8, 4) is 0 Å². The van der Waals surface area contributed by atoms with E-state index >= 15 is 0 Å². The molecule has 0 fully saturated rings. The van der Waals surface area contributed by atoms with E-state index in [-0.39, 0.29) is 10.9 Å². The number of nitrogens with zero attached hydrogens (tertiary/aromatic N) is 2. The molecule has 0 aliphatic heterocycles. The summed E-state index contributed by atoms with van der Waals surface area (Å²) in [6.45, 7) is 7.81. The second-order valence-corrected chi connectivity index (χ2v) is 4.36. The Morgan fingerprint density at radius 2 is 1.93 bits per heavy atom. The Hall–Kier alpha value is -0.880. The van der Waals surface area contributed by atoms with Crippen molar-refractivity contribution < 1.29 is 8.42 Å². The van der Waals surface area contributed by atoms with Crippen LogP contribution in [-0.2, 0) is 10.0 Å². The van der Waals surface area contributed by atoms with Gasteiger partial charge in [-0.1, -0.05) is 13.8 Å². The van der Waals surface area contributed by atoms with Gasteiger partial charge in [0, 0.05) is 12.2 Å². The molecule has 14 heavy (non-hydrogen) atoms. The van der Waals surface area contributed by atoms with Gasteiger partial charge in [0.2, 0.25) is 10.0 Å². The van der Waals surface area contributed by atoms with Gasteiger partial charge in [-0.2, -0.15) is 5.10 Å². The number of hydrogen-bond donors (Lipinski definition) is 1. The summed E-state index contributed by atoms with van der Waals surface area (Å²) < 4.78 is 23.1. The zero-order chi connectivity index (χ0) is 11.4. The van der Waals surface area contributed by atoms with Crippen LogP contribution in [0.4, 0.5) is 0 Å². The lowest BCUT2D eigenvalue weighted by atomic mass is 10.4. The maximum absolute atomic E-state index is 10.8. The molecule has 2 N–H and O–H groups in total. The summed E-state index contributed by atoms with van der Waals surface area (Å²) >= 11 is 0. The summed E-state index contributed by atoms with van der Waals surface area (Å²) in [6, 6.07) is 0.139. The smallest absolute Gasteiger partial charge is 0.241 e. The molecule has 0 aliphatic rings. The minimum Gasteiger partial charge on any atom is -0.269 e. The standard InChI is InChI=1S/C6H11N3O2S.C2H6/c1-5(2)9-4-6(3-8-9)12(7,10)11;1-2/h3-5H,1-2H3,(H2,7,10,11);1-2H3. The van der Waals surface area contributed by atoms with Crippen molar-refractivity contribution in [3.05, 3.63) is 12.4 Å². The first-order valence-electron chi connectivity index (χ1n) is 4.48. The number of aromatic nitrogens is 2. The largest absolute Gasteiger partial charge is 0.269 e. The molecule has 0 amide bonds. The van der Waals surface area contributed by atoms with E-state index in [4.69, 9.17) is 5.14 Å². The van der Waals surface area contributed by atoms with Gasteiger partial charge >= 0.3 is 0 Å². The maximum atomic E-state index is 10.8. The van der Waals surface area contributed by atoms with E-state index in [2.05, 4.69) is 5.10 Å². The molecule has 0 spiro atoms. The Morgan fingerprint density at radius 1 is 1.43 bits per heavy atom. The van der Waals surface area contributed by atoms with E-state index in [1.807, 2.05) is 27.7 Å². The Morgan fingerprint density at radius 3 is 2.14 bits per heavy atom. The monoisotopic (exact) mass is 219 g/mol. The molecule has 0 aromatic carbocycles. The SMILES string of the molecule is CC.CC(C)n1cc(S(N)(=O)=O)cn1. The second kappa shape index (κ2) is 5.11. The minimum absolute atomic E-state index is 0.0520. The van der Waals surface area contributed by atoms with Gasteiger partial charge < -0.3 is 0 Å². The highest BCUT2D eigenvalue weighted by Crippen LogP contribution is 2.08. The fourth-order valence-corrected chi connectivity index (χ4v) is 1.20. The fraction of sp³-hybridized carbons (Fsp3) is 0.625. The average molecular weight is 219 g/mol. The summed E-state index contributed by atoms with van der Waals surface area (Å²) in [4.78, 5) is 0.0520. The third-order valence-electron chi connectivity index (χ3n) is 1.44. The molecule has 0 aliphatic carbocycles. The molecule has 82 valence electrons. The second-order valence-electron chi connectivity index (χ2n) is 2.79. The van der Waals surface area contributed by atoms with Crippen LogP contribution in [0.2, 0.25) is 0 Å². The van der Waals surface area contributed by atoms with E-state index in [0.717, 1.165) is 0 Å². The van der Waals surface area contributed by atoms with Crippen molar-refractivity contribution in [2.75, 3.05) is 0 Å². The Kier molecular flexibility index (Phi) is 4.79. The average Bonchev–Trinajstić information content (AvgIpc) is 2.54. The maximum Gasteiger partial charge on any atom is 0.241 e. The third kappa shape index (κ3) is 3.47. The molecule has 1 rings (SSSR count). The number of rotatable bonds is 2. The molecule has 1 heterocycles. The molecule has 0 radical (unpaired) electrons. The van der Waals surface area contributed by atoms with Crippen LogP contribution in [0.25, 0.3) is 0 Å². The predicted octanol–water partition coefficient (Wildman–Crippen LogP) is 1.14. The van der Waals surface area contributed by atoms with Crippen molar-refractivity contribution in [2.45, 2.75) is 38.6 Å². The van der Waals surface area contributed by atoms with Gasteiger partial charge in [-0.15, -0.1) is 0 Å². The van der Waals surface area contributed by atoms with Crippen LogP contribution in [0.15, 0.2) is 17.3 Å².